The van der Waals surface area contributed by atoms with Crippen molar-refractivity contribution in [1.29, 1.82) is 0 Å². The Labute approximate surface area is 135 Å². The summed E-state index contributed by atoms with van der Waals surface area (Å²) in [5.41, 5.74) is 1.82. The van der Waals surface area contributed by atoms with E-state index in [0.717, 1.165) is 6.42 Å². The molecule has 1 amide bonds. The molecule has 0 saturated heterocycles. The number of pyridine rings is 1. The average Bonchev–Trinajstić information content (AvgIpc) is 2.89. The number of carboxylic acids is 1. The zero-order chi connectivity index (χ0) is 17.0. The SMILES string of the molecule is CCCc1nc2ccccn2c1C(=O)NC(C(=O)O)C(C)CC. The molecule has 0 radical (unpaired) electrons. The summed E-state index contributed by atoms with van der Waals surface area (Å²) >= 11 is 0. The van der Waals surface area contributed by atoms with Gasteiger partial charge in [-0.3, -0.25) is 9.20 Å². The number of carbonyl (C=O) groups excluding carboxylic acids is 1. The number of hydrogen-bond acceptors (Lipinski definition) is 3. The van der Waals surface area contributed by atoms with Gasteiger partial charge in [-0.25, -0.2) is 9.78 Å². The van der Waals surface area contributed by atoms with Crippen molar-refractivity contribution in [3.05, 3.63) is 35.8 Å². The van der Waals surface area contributed by atoms with Crippen LogP contribution >= 0.6 is 0 Å². The molecule has 2 aromatic rings. The molecule has 6 heteroatoms. The molecule has 0 bridgehead atoms. The fourth-order valence-corrected chi connectivity index (χ4v) is 2.59. The van der Waals surface area contributed by atoms with Crippen molar-refractivity contribution in [2.45, 2.75) is 46.1 Å². The van der Waals surface area contributed by atoms with Gasteiger partial charge < -0.3 is 10.4 Å². The van der Waals surface area contributed by atoms with Crippen LogP contribution in [0.2, 0.25) is 0 Å². The molecule has 2 unspecified atom stereocenters. The molecule has 2 heterocycles. The van der Waals surface area contributed by atoms with E-state index < -0.39 is 12.0 Å². The topological polar surface area (TPSA) is 83.7 Å². The highest BCUT2D eigenvalue weighted by atomic mass is 16.4. The van der Waals surface area contributed by atoms with Crippen LogP contribution in [0.3, 0.4) is 0 Å². The van der Waals surface area contributed by atoms with Crippen LogP contribution in [-0.4, -0.2) is 32.4 Å². The number of hydrogen-bond donors (Lipinski definition) is 2. The lowest BCUT2D eigenvalue weighted by Crippen LogP contribution is -2.45. The van der Waals surface area contributed by atoms with E-state index in [1.807, 2.05) is 39.0 Å². The lowest BCUT2D eigenvalue weighted by molar-refractivity contribution is -0.140. The number of amides is 1. The van der Waals surface area contributed by atoms with Gasteiger partial charge in [-0.05, 0) is 24.5 Å². The Kier molecular flexibility index (Phi) is 5.36. The Balaban J connectivity index is 2.39. The Bertz CT molecular complexity index is 708. The lowest BCUT2D eigenvalue weighted by Gasteiger charge is -2.20. The van der Waals surface area contributed by atoms with Gasteiger partial charge in [0.05, 0.1) is 5.69 Å². The highest BCUT2D eigenvalue weighted by Gasteiger charge is 2.28. The van der Waals surface area contributed by atoms with Crippen LogP contribution in [0.25, 0.3) is 5.65 Å². The number of aryl methyl sites for hydroxylation is 1. The third kappa shape index (κ3) is 3.52. The summed E-state index contributed by atoms with van der Waals surface area (Å²) in [6.07, 6.45) is 3.98. The number of imidazole rings is 1. The van der Waals surface area contributed by atoms with Gasteiger partial charge in [0.25, 0.3) is 5.91 Å². The molecule has 0 spiro atoms. The molecule has 2 aromatic heterocycles. The monoisotopic (exact) mass is 317 g/mol. The quantitative estimate of drug-likeness (QED) is 0.822. The number of nitrogens with one attached hydrogen (secondary N) is 1. The summed E-state index contributed by atoms with van der Waals surface area (Å²) in [4.78, 5) is 28.7. The standard InChI is InChI=1S/C17H23N3O3/c1-4-8-12-15(20-10-7-6-9-13(20)18-12)16(21)19-14(17(22)23)11(3)5-2/h6-7,9-11,14H,4-5,8H2,1-3H3,(H,19,21)(H,22,23). The van der Waals surface area contributed by atoms with E-state index in [2.05, 4.69) is 10.3 Å². The maximum Gasteiger partial charge on any atom is 0.326 e. The predicted molar refractivity (Wildman–Crippen MR) is 87.5 cm³/mol. The summed E-state index contributed by atoms with van der Waals surface area (Å²) in [5.74, 6) is -1.55. The molecule has 2 rings (SSSR count). The maximum atomic E-state index is 12.7. The van der Waals surface area contributed by atoms with Crippen LogP contribution in [0.5, 0.6) is 0 Å². The zero-order valence-corrected chi connectivity index (χ0v) is 13.7. The molecule has 0 saturated carbocycles. The minimum Gasteiger partial charge on any atom is -0.480 e. The second kappa shape index (κ2) is 7.26. The molecule has 0 aliphatic carbocycles. The Morgan fingerprint density at radius 2 is 2.09 bits per heavy atom. The molecule has 23 heavy (non-hydrogen) atoms. The summed E-state index contributed by atoms with van der Waals surface area (Å²) in [6.45, 7) is 5.74. The maximum absolute atomic E-state index is 12.7. The summed E-state index contributed by atoms with van der Waals surface area (Å²) in [5, 5.41) is 12.0. The molecule has 0 aliphatic heterocycles. The van der Waals surface area contributed by atoms with Crippen molar-refractivity contribution in [3.63, 3.8) is 0 Å². The number of rotatable bonds is 7. The van der Waals surface area contributed by atoms with Crippen molar-refractivity contribution in [1.82, 2.24) is 14.7 Å². The molecule has 2 N–H and O–H groups in total. The van der Waals surface area contributed by atoms with Gasteiger partial charge in [0, 0.05) is 6.20 Å². The summed E-state index contributed by atoms with van der Waals surface area (Å²) < 4.78 is 1.72. The zero-order valence-electron chi connectivity index (χ0n) is 13.7. The highest BCUT2D eigenvalue weighted by Crippen LogP contribution is 2.16. The fourth-order valence-electron chi connectivity index (χ4n) is 2.59. The third-order valence-electron chi connectivity index (χ3n) is 4.07. The molecule has 0 fully saturated rings. The van der Waals surface area contributed by atoms with Crippen molar-refractivity contribution in [2.24, 2.45) is 5.92 Å². The Morgan fingerprint density at radius 3 is 2.70 bits per heavy atom. The van der Waals surface area contributed by atoms with Crippen LogP contribution in [0.15, 0.2) is 24.4 Å². The lowest BCUT2D eigenvalue weighted by atomic mass is 9.99. The van der Waals surface area contributed by atoms with Crippen molar-refractivity contribution >= 4 is 17.5 Å². The minimum atomic E-state index is -1.02. The molecule has 124 valence electrons. The van der Waals surface area contributed by atoms with E-state index >= 15 is 0 Å². The Hall–Kier alpha value is -2.37. The summed E-state index contributed by atoms with van der Waals surface area (Å²) in [7, 11) is 0. The minimum absolute atomic E-state index is 0.148. The number of carboxylic acid groups (broad SMARTS) is 1. The van der Waals surface area contributed by atoms with Gasteiger partial charge >= 0.3 is 5.97 Å². The van der Waals surface area contributed by atoms with Crippen LogP contribution in [0, 0.1) is 5.92 Å². The third-order valence-corrected chi connectivity index (χ3v) is 4.07. The first-order valence-corrected chi connectivity index (χ1v) is 7.99. The van der Waals surface area contributed by atoms with Gasteiger partial charge in [-0.1, -0.05) is 39.7 Å². The van der Waals surface area contributed by atoms with E-state index in [0.29, 0.717) is 29.9 Å². The van der Waals surface area contributed by atoms with Crippen LogP contribution in [0.1, 0.15) is 49.8 Å². The van der Waals surface area contributed by atoms with E-state index in [9.17, 15) is 14.7 Å². The van der Waals surface area contributed by atoms with Gasteiger partial charge in [-0.2, -0.15) is 0 Å². The smallest absolute Gasteiger partial charge is 0.326 e. The number of fused-ring (bicyclic) bond motifs is 1. The molecular formula is C17H23N3O3. The molecule has 0 aromatic carbocycles. The van der Waals surface area contributed by atoms with E-state index in [1.54, 1.807) is 10.6 Å². The van der Waals surface area contributed by atoms with Gasteiger partial charge in [0.15, 0.2) is 0 Å². The Morgan fingerprint density at radius 1 is 1.35 bits per heavy atom. The van der Waals surface area contributed by atoms with E-state index in [-0.39, 0.29) is 11.8 Å². The molecule has 6 nitrogen and oxygen atoms in total. The van der Waals surface area contributed by atoms with Crippen LogP contribution in [-0.2, 0) is 11.2 Å². The first-order chi connectivity index (χ1) is 11.0. The second-order valence-electron chi connectivity index (χ2n) is 5.76. The van der Waals surface area contributed by atoms with Crippen molar-refractivity contribution in [2.75, 3.05) is 0 Å². The number of carbonyl (C=O) groups is 2. The fraction of sp³-hybridized carbons (Fsp3) is 0.471. The molecule has 2 atom stereocenters. The number of aliphatic carboxylic acids is 1. The highest BCUT2D eigenvalue weighted by molar-refractivity contribution is 5.97. The number of nitrogens with zero attached hydrogens (tertiary/aromatic N) is 2. The molecule has 0 aliphatic rings. The van der Waals surface area contributed by atoms with Gasteiger partial charge in [0.2, 0.25) is 0 Å². The largest absolute Gasteiger partial charge is 0.480 e. The van der Waals surface area contributed by atoms with Crippen molar-refractivity contribution in [3.8, 4) is 0 Å². The average molecular weight is 317 g/mol. The van der Waals surface area contributed by atoms with Gasteiger partial charge in [-0.15, -0.1) is 0 Å². The first kappa shape index (κ1) is 17.0. The van der Waals surface area contributed by atoms with E-state index in [1.165, 1.54) is 0 Å². The molecular weight excluding hydrogens is 294 g/mol. The summed E-state index contributed by atoms with van der Waals surface area (Å²) in [6, 6.07) is 4.61. The van der Waals surface area contributed by atoms with Crippen molar-refractivity contribution < 1.29 is 14.7 Å². The van der Waals surface area contributed by atoms with Crippen LogP contribution < -0.4 is 5.32 Å². The van der Waals surface area contributed by atoms with Gasteiger partial charge in [0.1, 0.15) is 17.4 Å². The van der Waals surface area contributed by atoms with E-state index in [4.69, 9.17) is 0 Å². The first-order valence-electron chi connectivity index (χ1n) is 7.99. The predicted octanol–water partition coefficient (Wildman–Crippen LogP) is 2.52. The van der Waals surface area contributed by atoms with Crippen LogP contribution in [0.4, 0.5) is 0 Å². The number of aromatic nitrogens is 2. The normalized spacial score (nSPS) is 13.7. The second-order valence-corrected chi connectivity index (χ2v) is 5.76.